The maximum absolute atomic E-state index is 13.2. The fourth-order valence-electron chi connectivity index (χ4n) is 3.43. The number of halogens is 3. The van der Waals surface area contributed by atoms with Gasteiger partial charge in [-0.2, -0.15) is 13.2 Å². The highest BCUT2D eigenvalue weighted by molar-refractivity contribution is 5.93. The SMILES string of the molecule is COC1(C(F)(F)F)CCN(CC(=O)Nc2c(C)cc(C)cc2C)CC1. The van der Waals surface area contributed by atoms with Crippen LogP contribution < -0.4 is 5.32 Å². The predicted octanol–water partition coefficient (Wildman–Crippen LogP) is 3.59. The lowest BCUT2D eigenvalue weighted by molar-refractivity contribution is -0.282. The Kier molecular flexibility index (Phi) is 5.79. The summed E-state index contributed by atoms with van der Waals surface area (Å²) in [7, 11) is 1.10. The minimum absolute atomic E-state index is 0.0738. The van der Waals surface area contributed by atoms with Crippen molar-refractivity contribution in [1.29, 1.82) is 0 Å². The molecule has 2 rings (SSSR count). The quantitative estimate of drug-likeness (QED) is 0.894. The van der Waals surface area contributed by atoms with E-state index < -0.39 is 11.8 Å². The van der Waals surface area contributed by atoms with Gasteiger partial charge in [0.2, 0.25) is 5.91 Å². The van der Waals surface area contributed by atoms with E-state index in [4.69, 9.17) is 4.74 Å². The first-order valence-corrected chi connectivity index (χ1v) is 8.30. The summed E-state index contributed by atoms with van der Waals surface area (Å²) in [5.74, 6) is -0.216. The van der Waals surface area contributed by atoms with Crippen molar-refractivity contribution in [2.45, 2.75) is 45.4 Å². The predicted molar refractivity (Wildman–Crippen MR) is 90.8 cm³/mol. The van der Waals surface area contributed by atoms with Crippen LogP contribution in [0.4, 0.5) is 18.9 Å². The summed E-state index contributed by atoms with van der Waals surface area (Å²) in [6.07, 6.45) is -4.72. The number of nitrogens with zero attached hydrogens (tertiary/aromatic N) is 1. The Morgan fingerprint density at radius 2 is 1.72 bits per heavy atom. The summed E-state index contributed by atoms with van der Waals surface area (Å²) in [6.45, 7) is 6.26. The van der Waals surface area contributed by atoms with Gasteiger partial charge in [-0.05, 0) is 44.7 Å². The second-order valence-corrected chi connectivity index (χ2v) is 6.79. The van der Waals surface area contributed by atoms with E-state index in [9.17, 15) is 18.0 Å². The Morgan fingerprint density at radius 3 is 2.16 bits per heavy atom. The number of amides is 1. The number of anilines is 1. The van der Waals surface area contributed by atoms with Crippen LogP contribution in [0.3, 0.4) is 0 Å². The van der Waals surface area contributed by atoms with E-state index >= 15 is 0 Å². The number of likely N-dealkylation sites (tertiary alicyclic amines) is 1. The second kappa shape index (κ2) is 7.33. The molecule has 1 heterocycles. The third-order valence-corrected chi connectivity index (χ3v) is 4.88. The average Bonchev–Trinajstić information content (AvgIpc) is 2.50. The number of aryl methyl sites for hydroxylation is 3. The fraction of sp³-hybridized carbons (Fsp3) is 0.611. The molecule has 0 atom stereocenters. The third-order valence-electron chi connectivity index (χ3n) is 4.88. The number of alkyl halides is 3. The molecule has 4 nitrogen and oxygen atoms in total. The van der Waals surface area contributed by atoms with Gasteiger partial charge in [0.25, 0.3) is 0 Å². The summed E-state index contributed by atoms with van der Waals surface area (Å²) < 4.78 is 44.3. The number of rotatable bonds is 4. The van der Waals surface area contributed by atoms with Gasteiger partial charge >= 0.3 is 6.18 Å². The van der Waals surface area contributed by atoms with E-state index in [1.165, 1.54) is 0 Å². The van der Waals surface area contributed by atoms with E-state index in [0.29, 0.717) is 0 Å². The van der Waals surface area contributed by atoms with E-state index in [0.717, 1.165) is 29.5 Å². The molecule has 7 heteroatoms. The lowest BCUT2D eigenvalue weighted by Crippen LogP contribution is -2.55. The Hall–Kier alpha value is -1.60. The van der Waals surface area contributed by atoms with Crippen LogP contribution in [0.1, 0.15) is 29.5 Å². The van der Waals surface area contributed by atoms with Crippen molar-refractivity contribution in [3.63, 3.8) is 0 Å². The molecular formula is C18H25F3N2O2. The van der Waals surface area contributed by atoms with Crippen molar-refractivity contribution in [2.75, 3.05) is 32.1 Å². The van der Waals surface area contributed by atoms with Gasteiger partial charge in [-0.25, -0.2) is 0 Å². The average molecular weight is 358 g/mol. The fourth-order valence-corrected chi connectivity index (χ4v) is 3.43. The van der Waals surface area contributed by atoms with Crippen molar-refractivity contribution in [3.8, 4) is 0 Å². The molecule has 1 aromatic rings. The van der Waals surface area contributed by atoms with E-state index in [-0.39, 0.29) is 38.4 Å². The molecule has 0 saturated carbocycles. The van der Waals surface area contributed by atoms with Crippen LogP contribution >= 0.6 is 0 Å². The molecule has 0 radical (unpaired) electrons. The van der Waals surface area contributed by atoms with Crippen molar-refractivity contribution in [2.24, 2.45) is 0 Å². The highest BCUT2D eigenvalue weighted by Crippen LogP contribution is 2.41. The Labute approximate surface area is 146 Å². The molecule has 25 heavy (non-hydrogen) atoms. The molecule has 0 aromatic heterocycles. The molecule has 140 valence electrons. The number of benzene rings is 1. The van der Waals surface area contributed by atoms with Crippen LogP contribution in [0.25, 0.3) is 0 Å². The number of ether oxygens (including phenoxy) is 1. The highest BCUT2D eigenvalue weighted by Gasteiger charge is 2.56. The van der Waals surface area contributed by atoms with E-state index in [1.54, 1.807) is 4.90 Å². The zero-order valence-electron chi connectivity index (χ0n) is 15.1. The van der Waals surface area contributed by atoms with Crippen molar-refractivity contribution in [1.82, 2.24) is 4.90 Å². The van der Waals surface area contributed by atoms with Gasteiger partial charge in [0.05, 0.1) is 6.54 Å². The maximum atomic E-state index is 13.2. The van der Waals surface area contributed by atoms with Gasteiger partial charge in [-0.1, -0.05) is 17.7 Å². The van der Waals surface area contributed by atoms with Crippen LogP contribution in [-0.2, 0) is 9.53 Å². The summed E-state index contributed by atoms with van der Waals surface area (Å²) in [4.78, 5) is 14.0. The standard InChI is InChI=1S/C18H25F3N2O2/c1-12-9-13(2)16(14(3)10-12)22-15(24)11-23-7-5-17(25-4,6-8-23)18(19,20)21/h9-10H,5-8,11H2,1-4H3,(H,22,24). The third kappa shape index (κ3) is 4.33. The zero-order valence-corrected chi connectivity index (χ0v) is 15.1. The molecular weight excluding hydrogens is 333 g/mol. The molecule has 1 amide bonds. The Morgan fingerprint density at radius 1 is 1.20 bits per heavy atom. The van der Waals surface area contributed by atoms with Crippen molar-refractivity contribution < 1.29 is 22.7 Å². The van der Waals surface area contributed by atoms with Crippen molar-refractivity contribution >= 4 is 11.6 Å². The number of hydrogen-bond donors (Lipinski definition) is 1. The second-order valence-electron chi connectivity index (χ2n) is 6.79. The highest BCUT2D eigenvalue weighted by atomic mass is 19.4. The van der Waals surface area contributed by atoms with Crippen LogP contribution in [0.5, 0.6) is 0 Å². The minimum Gasteiger partial charge on any atom is -0.369 e. The molecule has 1 aromatic carbocycles. The van der Waals surface area contributed by atoms with Crippen LogP contribution in [-0.4, -0.2) is 49.3 Å². The van der Waals surface area contributed by atoms with Gasteiger partial charge in [-0.3, -0.25) is 9.69 Å². The summed E-state index contributed by atoms with van der Waals surface area (Å²) in [6, 6.07) is 3.97. The van der Waals surface area contributed by atoms with Gasteiger partial charge in [0, 0.05) is 25.9 Å². The molecule has 0 bridgehead atoms. The van der Waals surface area contributed by atoms with Gasteiger partial charge in [-0.15, -0.1) is 0 Å². The first kappa shape index (κ1) is 19.7. The molecule has 0 unspecified atom stereocenters. The van der Waals surface area contributed by atoms with Gasteiger partial charge in [0.1, 0.15) is 0 Å². The number of piperidine rings is 1. The van der Waals surface area contributed by atoms with E-state index in [2.05, 4.69) is 5.32 Å². The first-order valence-electron chi connectivity index (χ1n) is 8.30. The number of carbonyl (C=O) groups is 1. The smallest absolute Gasteiger partial charge is 0.369 e. The van der Waals surface area contributed by atoms with E-state index in [1.807, 2.05) is 32.9 Å². The number of nitrogens with one attached hydrogen (secondary N) is 1. The Balaban J connectivity index is 1.95. The Bertz CT molecular complexity index is 613. The number of methoxy groups -OCH3 is 1. The lowest BCUT2D eigenvalue weighted by Gasteiger charge is -2.41. The lowest BCUT2D eigenvalue weighted by atomic mass is 9.90. The summed E-state index contributed by atoms with van der Waals surface area (Å²) in [5, 5.41) is 2.88. The normalized spacial score (nSPS) is 18.2. The molecule has 1 saturated heterocycles. The largest absolute Gasteiger partial charge is 0.417 e. The number of hydrogen-bond acceptors (Lipinski definition) is 3. The van der Waals surface area contributed by atoms with Crippen LogP contribution in [0, 0.1) is 20.8 Å². The summed E-state index contributed by atoms with van der Waals surface area (Å²) in [5.41, 5.74) is 1.74. The van der Waals surface area contributed by atoms with Crippen LogP contribution in [0.15, 0.2) is 12.1 Å². The molecule has 1 fully saturated rings. The molecule has 0 spiro atoms. The van der Waals surface area contributed by atoms with Crippen LogP contribution in [0.2, 0.25) is 0 Å². The topological polar surface area (TPSA) is 41.6 Å². The first-order chi connectivity index (χ1) is 11.6. The molecule has 1 N–H and O–H groups in total. The van der Waals surface area contributed by atoms with Gasteiger partial charge < -0.3 is 10.1 Å². The number of carbonyl (C=O) groups excluding carboxylic acids is 1. The van der Waals surface area contributed by atoms with Crippen molar-refractivity contribution in [3.05, 3.63) is 28.8 Å². The molecule has 1 aliphatic rings. The van der Waals surface area contributed by atoms with Gasteiger partial charge in [0.15, 0.2) is 5.60 Å². The maximum Gasteiger partial charge on any atom is 0.417 e. The molecule has 1 aliphatic heterocycles. The summed E-state index contributed by atoms with van der Waals surface area (Å²) >= 11 is 0. The minimum atomic E-state index is -4.40. The monoisotopic (exact) mass is 358 g/mol. The zero-order chi connectivity index (χ0) is 18.8. The molecule has 0 aliphatic carbocycles.